The average Bonchev–Trinajstić information content (AvgIpc) is 3.08. The van der Waals surface area contributed by atoms with Gasteiger partial charge in [0, 0.05) is 24.5 Å². The maximum Gasteiger partial charge on any atom is 0.241 e. The van der Waals surface area contributed by atoms with Gasteiger partial charge in [-0.05, 0) is 31.0 Å². The van der Waals surface area contributed by atoms with E-state index in [1.807, 2.05) is 12.3 Å². The van der Waals surface area contributed by atoms with Gasteiger partial charge in [0.1, 0.15) is 5.82 Å². The van der Waals surface area contributed by atoms with Crippen LogP contribution < -0.4 is 5.43 Å². The third-order valence-electron chi connectivity index (χ3n) is 5.77. The van der Waals surface area contributed by atoms with Gasteiger partial charge in [0.05, 0.1) is 11.0 Å². The quantitative estimate of drug-likeness (QED) is 0.511. The van der Waals surface area contributed by atoms with Crippen LogP contribution in [-0.2, 0) is 16.6 Å². The fourth-order valence-electron chi connectivity index (χ4n) is 3.98. The molecule has 1 aromatic heterocycles. The van der Waals surface area contributed by atoms with E-state index in [2.05, 4.69) is 41.5 Å². The molecule has 1 amide bonds. The molecular formula is C23H34N4O. The highest BCUT2D eigenvalue weighted by atomic mass is 16.2. The minimum Gasteiger partial charge on any atom is -0.342 e. The van der Waals surface area contributed by atoms with E-state index in [1.165, 1.54) is 57.8 Å². The highest BCUT2D eigenvalue weighted by Gasteiger charge is 2.31. The predicted molar refractivity (Wildman–Crippen MR) is 116 cm³/mol. The number of nitrogens with zero attached hydrogens (tertiary/aromatic N) is 2. The second-order valence-electron chi connectivity index (χ2n) is 8.38. The summed E-state index contributed by atoms with van der Waals surface area (Å²) in [7, 11) is 0. The number of benzene rings is 1. The first-order chi connectivity index (χ1) is 13.6. The van der Waals surface area contributed by atoms with Gasteiger partial charge in [-0.2, -0.15) is 5.10 Å². The number of hydrazone groups is 1. The third-order valence-corrected chi connectivity index (χ3v) is 5.77. The molecule has 1 atom stereocenters. The number of imidazole rings is 1. The number of carbonyl (C=O) groups is 1. The molecule has 0 radical (unpaired) electrons. The van der Waals surface area contributed by atoms with E-state index < -0.39 is 0 Å². The zero-order valence-corrected chi connectivity index (χ0v) is 17.4. The topological polar surface area (TPSA) is 70.1 Å². The van der Waals surface area contributed by atoms with E-state index in [0.717, 1.165) is 28.8 Å². The van der Waals surface area contributed by atoms with E-state index in [4.69, 9.17) is 4.98 Å². The van der Waals surface area contributed by atoms with Gasteiger partial charge in [0.25, 0.3) is 0 Å². The molecule has 1 unspecified atom stereocenters. The molecule has 0 spiro atoms. The van der Waals surface area contributed by atoms with Crippen LogP contribution in [0, 0.1) is 0 Å². The van der Waals surface area contributed by atoms with Crippen molar-refractivity contribution in [3.63, 3.8) is 0 Å². The van der Waals surface area contributed by atoms with Crippen molar-refractivity contribution in [1.29, 1.82) is 0 Å². The summed E-state index contributed by atoms with van der Waals surface area (Å²) in [6.07, 6.45) is 15.3. The van der Waals surface area contributed by atoms with E-state index >= 15 is 0 Å². The van der Waals surface area contributed by atoms with Gasteiger partial charge in [-0.3, -0.25) is 4.79 Å². The molecule has 0 fully saturated rings. The lowest BCUT2D eigenvalue weighted by Gasteiger charge is -2.27. The molecule has 0 saturated heterocycles. The van der Waals surface area contributed by atoms with Gasteiger partial charge in [-0.15, -0.1) is 0 Å². The van der Waals surface area contributed by atoms with Crippen LogP contribution in [0.1, 0.15) is 89.4 Å². The Morgan fingerprint density at radius 1 is 1.04 bits per heavy atom. The Balaban J connectivity index is 1.49. The van der Waals surface area contributed by atoms with Gasteiger partial charge in [-0.25, -0.2) is 10.4 Å². The summed E-state index contributed by atoms with van der Waals surface area (Å²) in [6.45, 7) is 4.32. The number of aromatic amines is 1. The zero-order valence-electron chi connectivity index (χ0n) is 17.4. The number of carbonyl (C=O) groups excluding carboxylic acids is 1. The van der Waals surface area contributed by atoms with Crippen LogP contribution in [0.25, 0.3) is 11.0 Å². The number of amides is 1. The number of fused-ring (bicyclic) bond motifs is 1. The molecular weight excluding hydrogens is 348 g/mol. The Morgan fingerprint density at radius 2 is 1.75 bits per heavy atom. The lowest BCUT2D eigenvalue weighted by molar-refractivity contribution is -0.122. The molecule has 0 aliphatic carbocycles. The van der Waals surface area contributed by atoms with Gasteiger partial charge in [-0.1, -0.05) is 64.4 Å². The first-order valence-corrected chi connectivity index (χ1v) is 10.9. The Hall–Kier alpha value is -2.17. The number of rotatable bonds is 11. The predicted octanol–water partition coefficient (Wildman–Crippen LogP) is 5.40. The normalized spacial score (nSPS) is 19.3. The monoisotopic (exact) mass is 382 g/mol. The van der Waals surface area contributed by atoms with Crippen LogP contribution in [0.15, 0.2) is 23.3 Å². The van der Waals surface area contributed by atoms with Gasteiger partial charge in [0.15, 0.2) is 0 Å². The maximum absolute atomic E-state index is 11.7. The van der Waals surface area contributed by atoms with Crippen LogP contribution in [0.2, 0.25) is 0 Å². The molecule has 0 bridgehead atoms. The molecule has 5 nitrogen and oxygen atoms in total. The number of hydrogen-bond acceptors (Lipinski definition) is 3. The van der Waals surface area contributed by atoms with Gasteiger partial charge < -0.3 is 4.98 Å². The molecule has 5 heteroatoms. The summed E-state index contributed by atoms with van der Waals surface area (Å²) in [5.41, 5.74) is 5.28. The Labute approximate surface area is 168 Å². The second kappa shape index (κ2) is 9.85. The Kier molecular flexibility index (Phi) is 7.24. The molecule has 152 valence electrons. The van der Waals surface area contributed by atoms with Crippen LogP contribution >= 0.6 is 0 Å². The molecule has 2 aromatic rings. The van der Waals surface area contributed by atoms with Crippen LogP contribution in [-0.4, -0.2) is 22.1 Å². The first kappa shape index (κ1) is 20.6. The van der Waals surface area contributed by atoms with Crippen molar-refractivity contribution in [2.45, 2.75) is 89.9 Å². The first-order valence-electron chi connectivity index (χ1n) is 10.9. The molecule has 1 aliphatic heterocycles. The van der Waals surface area contributed by atoms with Crippen molar-refractivity contribution >= 4 is 23.2 Å². The summed E-state index contributed by atoms with van der Waals surface area (Å²) in [6, 6.07) is 6.23. The third kappa shape index (κ3) is 5.43. The van der Waals surface area contributed by atoms with Crippen LogP contribution in [0.3, 0.4) is 0 Å². The van der Waals surface area contributed by atoms with Gasteiger partial charge >= 0.3 is 0 Å². The fraction of sp³-hybridized carbons (Fsp3) is 0.609. The molecule has 0 saturated carbocycles. The van der Waals surface area contributed by atoms with Crippen molar-refractivity contribution < 1.29 is 4.79 Å². The smallest absolute Gasteiger partial charge is 0.241 e. The molecule has 2 N–H and O–H groups in total. The van der Waals surface area contributed by atoms with Crippen molar-refractivity contribution in [1.82, 2.24) is 15.4 Å². The number of H-pyrrole nitrogens is 1. The average molecular weight is 383 g/mol. The van der Waals surface area contributed by atoms with Crippen LogP contribution in [0.5, 0.6) is 0 Å². The number of unbranched alkanes of at least 4 members (excludes halogenated alkanes) is 8. The molecule has 2 heterocycles. The number of aromatic nitrogens is 2. The summed E-state index contributed by atoms with van der Waals surface area (Å²) < 4.78 is 0. The standard InChI is InChI=1S/C23H34N4O/c1-3-4-5-6-7-8-9-10-11-12-21-25-19-14-13-18(15-20(19)26-21)23(2)16-22(28)27-24-17-23/h13-15,17H,3-12,16H2,1-2H3,(H,25,26)(H,27,28). The molecule has 3 rings (SSSR count). The van der Waals surface area contributed by atoms with E-state index in [9.17, 15) is 4.79 Å². The van der Waals surface area contributed by atoms with Crippen molar-refractivity contribution in [3.05, 3.63) is 29.6 Å². The molecule has 28 heavy (non-hydrogen) atoms. The lowest BCUT2D eigenvalue weighted by atomic mass is 9.79. The summed E-state index contributed by atoms with van der Waals surface area (Å²) in [5.74, 6) is 1.02. The molecule has 1 aromatic carbocycles. The van der Waals surface area contributed by atoms with Crippen molar-refractivity contribution in [2.75, 3.05) is 0 Å². The lowest BCUT2D eigenvalue weighted by Crippen LogP contribution is -2.37. The largest absolute Gasteiger partial charge is 0.342 e. The summed E-state index contributed by atoms with van der Waals surface area (Å²) >= 11 is 0. The van der Waals surface area contributed by atoms with Gasteiger partial charge in [0.2, 0.25) is 5.91 Å². The highest BCUT2D eigenvalue weighted by molar-refractivity contribution is 5.90. The number of hydrogen-bond donors (Lipinski definition) is 2. The Morgan fingerprint density at radius 3 is 2.46 bits per heavy atom. The number of aryl methyl sites for hydroxylation is 1. The van der Waals surface area contributed by atoms with E-state index in [1.54, 1.807) is 0 Å². The maximum atomic E-state index is 11.7. The highest BCUT2D eigenvalue weighted by Crippen LogP contribution is 2.29. The van der Waals surface area contributed by atoms with Crippen molar-refractivity contribution in [2.24, 2.45) is 5.10 Å². The Bertz CT molecular complexity index is 810. The SMILES string of the molecule is CCCCCCCCCCCc1nc2ccc(C3(C)C=NNC(=O)C3)cc2[nH]1. The minimum absolute atomic E-state index is 0.0410. The number of nitrogens with one attached hydrogen (secondary N) is 2. The van der Waals surface area contributed by atoms with Crippen molar-refractivity contribution in [3.8, 4) is 0 Å². The van der Waals surface area contributed by atoms with Crippen LogP contribution in [0.4, 0.5) is 0 Å². The van der Waals surface area contributed by atoms with E-state index in [-0.39, 0.29) is 11.3 Å². The fourth-order valence-corrected chi connectivity index (χ4v) is 3.98. The minimum atomic E-state index is -0.362. The zero-order chi connectivity index (χ0) is 19.8. The summed E-state index contributed by atoms with van der Waals surface area (Å²) in [5, 5.41) is 4.01. The summed E-state index contributed by atoms with van der Waals surface area (Å²) in [4.78, 5) is 19.9. The second-order valence-corrected chi connectivity index (χ2v) is 8.38. The van der Waals surface area contributed by atoms with E-state index in [0.29, 0.717) is 6.42 Å². The molecule has 1 aliphatic rings.